The maximum atomic E-state index is 6.03. The van der Waals surface area contributed by atoms with Gasteiger partial charge in [-0.25, -0.2) is 0 Å². The Hall–Kier alpha value is -1.51. The molecule has 2 atom stereocenters. The van der Waals surface area contributed by atoms with Crippen molar-refractivity contribution >= 4 is 11.6 Å². The molecule has 20 heavy (non-hydrogen) atoms. The van der Waals surface area contributed by atoms with Crippen molar-refractivity contribution in [2.45, 2.75) is 18.4 Å². The number of ether oxygens (including phenoxy) is 1. The molecule has 0 bridgehead atoms. The Labute approximate surface area is 124 Å². The maximum absolute atomic E-state index is 6.03. The van der Waals surface area contributed by atoms with E-state index >= 15 is 0 Å². The van der Waals surface area contributed by atoms with E-state index in [9.17, 15) is 0 Å². The first-order valence-corrected chi connectivity index (χ1v) is 7.28. The van der Waals surface area contributed by atoms with Crippen LogP contribution >= 0.6 is 11.6 Å². The first kappa shape index (κ1) is 13.5. The van der Waals surface area contributed by atoms with Crippen molar-refractivity contribution in [3.63, 3.8) is 0 Å². The van der Waals surface area contributed by atoms with E-state index in [1.165, 1.54) is 5.56 Å². The molecule has 1 aliphatic heterocycles. The van der Waals surface area contributed by atoms with Crippen LogP contribution in [0, 0.1) is 6.07 Å². The summed E-state index contributed by atoms with van der Waals surface area (Å²) >= 11 is 5.99. The number of hydrogen-bond donors (Lipinski definition) is 1. The van der Waals surface area contributed by atoms with Crippen molar-refractivity contribution in [2.75, 3.05) is 13.1 Å². The molecule has 3 rings (SSSR count). The van der Waals surface area contributed by atoms with Gasteiger partial charge >= 0.3 is 0 Å². The second kappa shape index (κ2) is 6.29. The summed E-state index contributed by atoms with van der Waals surface area (Å²) in [5, 5.41) is 4.15. The first-order chi connectivity index (χ1) is 9.81. The molecule has 0 aliphatic carbocycles. The molecule has 1 aliphatic rings. The van der Waals surface area contributed by atoms with Gasteiger partial charge in [-0.1, -0.05) is 41.9 Å². The van der Waals surface area contributed by atoms with Gasteiger partial charge in [0.05, 0.1) is 0 Å². The van der Waals surface area contributed by atoms with Gasteiger partial charge in [0.1, 0.15) is 11.9 Å². The molecule has 2 unspecified atom stereocenters. The molecule has 0 spiro atoms. The van der Waals surface area contributed by atoms with E-state index in [2.05, 4.69) is 23.5 Å². The van der Waals surface area contributed by atoms with Crippen molar-refractivity contribution in [3.8, 4) is 5.75 Å². The fourth-order valence-corrected chi connectivity index (χ4v) is 2.80. The lowest BCUT2D eigenvalue weighted by Crippen LogP contribution is -2.41. The Morgan fingerprint density at radius 3 is 2.90 bits per heavy atom. The molecule has 0 saturated carbocycles. The lowest BCUT2D eigenvalue weighted by Gasteiger charge is -2.30. The number of rotatable bonds is 3. The number of hydrogen-bond acceptors (Lipinski definition) is 2. The summed E-state index contributed by atoms with van der Waals surface area (Å²) in [5.74, 6) is 1.29. The van der Waals surface area contributed by atoms with Gasteiger partial charge in [-0.3, -0.25) is 0 Å². The maximum Gasteiger partial charge on any atom is 0.121 e. The fraction of sp³-hybridized carbons (Fsp3) is 0.294. The molecule has 2 aromatic carbocycles. The molecule has 2 aromatic rings. The zero-order chi connectivity index (χ0) is 13.8. The Bertz CT molecular complexity index is 558. The van der Waals surface area contributed by atoms with E-state index in [-0.39, 0.29) is 6.10 Å². The molecule has 1 radical (unpaired) electrons. The monoisotopic (exact) mass is 286 g/mol. The topological polar surface area (TPSA) is 21.3 Å². The molecule has 1 saturated heterocycles. The van der Waals surface area contributed by atoms with E-state index in [1.807, 2.05) is 36.4 Å². The van der Waals surface area contributed by atoms with E-state index in [0.29, 0.717) is 10.9 Å². The third kappa shape index (κ3) is 3.33. The van der Waals surface area contributed by atoms with Crippen LogP contribution in [0.2, 0.25) is 5.02 Å². The predicted octanol–water partition coefficient (Wildman–Crippen LogP) is 3.66. The zero-order valence-corrected chi connectivity index (χ0v) is 11.9. The zero-order valence-electron chi connectivity index (χ0n) is 11.2. The lowest BCUT2D eigenvalue weighted by molar-refractivity contribution is 0.156. The van der Waals surface area contributed by atoms with E-state index in [1.54, 1.807) is 0 Å². The van der Waals surface area contributed by atoms with Crippen LogP contribution in [0.25, 0.3) is 0 Å². The molecule has 3 heteroatoms. The number of piperidine rings is 1. The summed E-state index contributed by atoms with van der Waals surface area (Å²) in [4.78, 5) is 0. The summed E-state index contributed by atoms with van der Waals surface area (Å²) < 4.78 is 6.03. The van der Waals surface area contributed by atoms with Crippen LogP contribution in [0.1, 0.15) is 17.9 Å². The molecule has 0 aromatic heterocycles. The molecule has 1 N–H and O–H groups in total. The first-order valence-electron chi connectivity index (χ1n) is 6.91. The summed E-state index contributed by atoms with van der Waals surface area (Å²) in [5.41, 5.74) is 1.25. The van der Waals surface area contributed by atoms with Gasteiger partial charge in [-0.15, -0.1) is 0 Å². The third-order valence-electron chi connectivity index (χ3n) is 3.58. The minimum Gasteiger partial charge on any atom is -0.489 e. The van der Waals surface area contributed by atoms with Crippen molar-refractivity contribution in [1.82, 2.24) is 5.32 Å². The molecular weight excluding hydrogens is 270 g/mol. The van der Waals surface area contributed by atoms with E-state index in [4.69, 9.17) is 16.3 Å². The van der Waals surface area contributed by atoms with Crippen molar-refractivity contribution in [3.05, 3.63) is 65.2 Å². The van der Waals surface area contributed by atoms with Gasteiger partial charge < -0.3 is 10.1 Å². The highest BCUT2D eigenvalue weighted by atomic mass is 35.5. The Morgan fingerprint density at radius 2 is 2.10 bits per heavy atom. The molecular formula is C17H17ClNO. The van der Waals surface area contributed by atoms with Crippen LogP contribution in [-0.4, -0.2) is 19.2 Å². The molecule has 0 amide bonds. The second-order valence-electron chi connectivity index (χ2n) is 5.11. The number of halogens is 1. The second-order valence-corrected chi connectivity index (χ2v) is 5.54. The van der Waals surface area contributed by atoms with Gasteiger partial charge in [0.2, 0.25) is 0 Å². The van der Waals surface area contributed by atoms with Gasteiger partial charge in [0.15, 0.2) is 0 Å². The minimum atomic E-state index is 0.167. The van der Waals surface area contributed by atoms with Gasteiger partial charge in [-0.2, -0.15) is 0 Å². The van der Waals surface area contributed by atoms with Crippen LogP contribution < -0.4 is 10.1 Å². The average Bonchev–Trinajstić information content (AvgIpc) is 2.48. The molecule has 1 fully saturated rings. The Balaban J connectivity index is 1.66. The highest BCUT2D eigenvalue weighted by Crippen LogP contribution is 2.26. The van der Waals surface area contributed by atoms with Crippen LogP contribution in [0.5, 0.6) is 5.75 Å². The van der Waals surface area contributed by atoms with Crippen LogP contribution in [0.15, 0.2) is 48.5 Å². The summed E-state index contributed by atoms with van der Waals surface area (Å²) in [7, 11) is 0. The van der Waals surface area contributed by atoms with Crippen LogP contribution in [0.3, 0.4) is 0 Å². The minimum absolute atomic E-state index is 0.167. The SMILES string of the molecule is Clc1cccc(OC2CNCC(c3[c]cccc3)C2)c1. The lowest BCUT2D eigenvalue weighted by atomic mass is 9.90. The number of nitrogens with one attached hydrogen (secondary N) is 1. The third-order valence-corrected chi connectivity index (χ3v) is 3.82. The van der Waals surface area contributed by atoms with Crippen molar-refractivity contribution < 1.29 is 4.74 Å². The fourth-order valence-electron chi connectivity index (χ4n) is 2.62. The summed E-state index contributed by atoms with van der Waals surface area (Å²) in [6.07, 6.45) is 1.17. The van der Waals surface area contributed by atoms with Gasteiger partial charge in [-0.05, 0) is 36.2 Å². The Morgan fingerprint density at radius 1 is 1.15 bits per heavy atom. The van der Waals surface area contributed by atoms with Crippen LogP contribution in [0.4, 0.5) is 0 Å². The summed E-state index contributed by atoms with van der Waals surface area (Å²) in [6.45, 7) is 1.85. The van der Waals surface area contributed by atoms with Gasteiger partial charge in [0, 0.05) is 24.0 Å². The number of benzene rings is 2. The quantitative estimate of drug-likeness (QED) is 0.930. The van der Waals surface area contributed by atoms with E-state index < -0.39 is 0 Å². The highest BCUT2D eigenvalue weighted by molar-refractivity contribution is 6.30. The normalized spacial score (nSPS) is 22.4. The van der Waals surface area contributed by atoms with Crippen molar-refractivity contribution in [2.24, 2.45) is 0 Å². The average molecular weight is 287 g/mol. The summed E-state index contributed by atoms with van der Waals surface area (Å²) in [6, 6.07) is 19.1. The van der Waals surface area contributed by atoms with Gasteiger partial charge in [0.25, 0.3) is 0 Å². The largest absolute Gasteiger partial charge is 0.489 e. The predicted molar refractivity (Wildman–Crippen MR) is 81.4 cm³/mol. The molecule has 103 valence electrons. The molecule has 1 heterocycles. The Kier molecular flexibility index (Phi) is 4.24. The highest BCUT2D eigenvalue weighted by Gasteiger charge is 2.24. The van der Waals surface area contributed by atoms with E-state index in [0.717, 1.165) is 25.3 Å². The standard InChI is InChI=1S/C17H17ClNO/c18-15-7-4-8-16(10-15)20-17-9-14(11-19-12-17)13-5-2-1-3-6-13/h1-5,7-8,10,14,17,19H,9,11-12H2. The van der Waals surface area contributed by atoms with Crippen molar-refractivity contribution in [1.29, 1.82) is 0 Å². The molecule has 2 nitrogen and oxygen atoms in total. The smallest absolute Gasteiger partial charge is 0.121 e. The van der Waals surface area contributed by atoms with Crippen LogP contribution in [-0.2, 0) is 0 Å².